The van der Waals surface area contributed by atoms with Crippen molar-refractivity contribution in [3.63, 3.8) is 0 Å². The monoisotopic (exact) mass is 336 g/mol. The number of hydrogen-bond donors (Lipinski definition) is 2. The summed E-state index contributed by atoms with van der Waals surface area (Å²) in [7, 11) is -0.0203. The van der Waals surface area contributed by atoms with Gasteiger partial charge in [-0.1, -0.05) is 17.7 Å². The van der Waals surface area contributed by atoms with Crippen molar-refractivity contribution in [2.45, 2.75) is 13.0 Å². The summed E-state index contributed by atoms with van der Waals surface area (Å²) in [5, 5.41) is 3.71. The van der Waals surface area contributed by atoms with Crippen LogP contribution in [-0.4, -0.2) is 42.0 Å². The number of sulfonamides is 1. The lowest BCUT2D eigenvalue weighted by Gasteiger charge is -2.13. The molecule has 0 aliphatic rings. The Morgan fingerprint density at radius 1 is 1.19 bits per heavy atom. The Kier molecular flexibility index (Phi) is 7.24. The lowest BCUT2D eigenvalue weighted by atomic mass is 10.2. The second-order valence-corrected chi connectivity index (χ2v) is 6.68. The van der Waals surface area contributed by atoms with Gasteiger partial charge in [-0.3, -0.25) is 0 Å². The van der Waals surface area contributed by atoms with Gasteiger partial charge < -0.3 is 14.8 Å². The standard InChI is InChI=1S/C13H21ClN2O4S/c1-19-11-6-5-10(12(14)13(11)20-2)9-15-7-4-8-16-21(3,17)18/h5-6,15-16H,4,7-9H2,1-3H3. The first-order chi connectivity index (χ1) is 9.89. The normalized spacial score (nSPS) is 11.4. The van der Waals surface area contributed by atoms with Crippen molar-refractivity contribution in [3.8, 4) is 11.5 Å². The molecule has 1 rings (SSSR count). The summed E-state index contributed by atoms with van der Waals surface area (Å²) in [6, 6.07) is 3.67. The first-order valence-corrected chi connectivity index (χ1v) is 8.70. The van der Waals surface area contributed by atoms with Crippen LogP contribution < -0.4 is 19.5 Å². The van der Waals surface area contributed by atoms with Gasteiger partial charge in [0.05, 0.1) is 25.5 Å². The molecule has 8 heteroatoms. The van der Waals surface area contributed by atoms with Crippen LogP contribution in [0.15, 0.2) is 12.1 Å². The summed E-state index contributed by atoms with van der Waals surface area (Å²) in [6.07, 6.45) is 1.84. The van der Waals surface area contributed by atoms with Crippen molar-refractivity contribution >= 4 is 21.6 Å². The average Bonchev–Trinajstić information content (AvgIpc) is 2.42. The van der Waals surface area contributed by atoms with Gasteiger partial charge in [0.25, 0.3) is 0 Å². The van der Waals surface area contributed by atoms with Gasteiger partial charge in [-0.25, -0.2) is 13.1 Å². The summed E-state index contributed by atoms with van der Waals surface area (Å²) < 4.78 is 34.6. The SMILES string of the molecule is COc1ccc(CNCCCNS(C)(=O)=O)c(Cl)c1OC. The van der Waals surface area contributed by atoms with Crippen LogP contribution in [0.5, 0.6) is 11.5 Å². The first-order valence-electron chi connectivity index (χ1n) is 6.43. The van der Waals surface area contributed by atoms with E-state index >= 15 is 0 Å². The number of rotatable bonds is 9. The van der Waals surface area contributed by atoms with Crippen LogP contribution in [0.25, 0.3) is 0 Å². The van der Waals surface area contributed by atoms with Crippen LogP contribution in [0, 0.1) is 0 Å². The number of methoxy groups -OCH3 is 2. The fraction of sp³-hybridized carbons (Fsp3) is 0.538. The molecule has 0 radical (unpaired) electrons. The number of benzene rings is 1. The highest BCUT2D eigenvalue weighted by molar-refractivity contribution is 7.88. The third kappa shape index (κ3) is 6.09. The maximum atomic E-state index is 10.9. The lowest BCUT2D eigenvalue weighted by molar-refractivity contribution is 0.354. The topological polar surface area (TPSA) is 76.7 Å². The predicted octanol–water partition coefficient (Wildman–Crippen LogP) is 1.39. The summed E-state index contributed by atoms with van der Waals surface area (Å²) in [5.41, 5.74) is 0.894. The zero-order chi connectivity index (χ0) is 15.9. The molecule has 0 bridgehead atoms. The Bertz CT molecular complexity index is 564. The highest BCUT2D eigenvalue weighted by Gasteiger charge is 2.12. The van der Waals surface area contributed by atoms with Crippen molar-refractivity contribution in [1.82, 2.24) is 10.0 Å². The Hall–Kier alpha value is -1.02. The van der Waals surface area contributed by atoms with Crippen molar-refractivity contribution in [2.75, 3.05) is 33.6 Å². The molecule has 1 aromatic carbocycles. The Labute approximate surface area is 130 Å². The van der Waals surface area contributed by atoms with Gasteiger partial charge in [-0.05, 0) is 24.6 Å². The molecular weight excluding hydrogens is 316 g/mol. The van der Waals surface area contributed by atoms with Crippen LogP contribution in [-0.2, 0) is 16.6 Å². The van der Waals surface area contributed by atoms with E-state index in [-0.39, 0.29) is 0 Å². The van der Waals surface area contributed by atoms with E-state index in [1.807, 2.05) is 6.07 Å². The van der Waals surface area contributed by atoms with E-state index in [2.05, 4.69) is 10.0 Å². The molecule has 0 aromatic heterocycles. The molecule has 0 saturated heterocycles. The minimum atomic E-state index is -3.12. The van der Waals surface area contributed by atoms with E-state index in [0.29, 0.717) is 42.6 Å². The molecule has 0 spiro atoms. The van der Waals surface area contributed by atoms with Crippen LogP contribution in [0.1, 0.15) is 12.0 Å². The molecule has 0 aliphatic carbocycles. The molecule has 0 unspecified atom stereocenters. The molecule has 0 heterocycles. The van der Waals surface area contributed by atoms with Crippen LogP contribution in [0.2, 0.25) is 5.02 Å². The van der Waals surface area contributed by atoms with Crippen LogP contribution in [0.4, 0.5) is 0 Å². The third-order valence-electron chi connectivity index (χ3n) is 2.78. The molecule has 6 nitrogen and oxygen atoms in total. The highest BCUT2D eigenvalue weighted by Crippen LogP contribution is 2.37. The molecule has 21 heavy (non-hydrogen) atoms. The summed E-state index contributed by atoms with van der Waals surface area (Å²) in [5.74, 6) is 1.10. The van der Waals surface area contributed by atoms with Crippen molar-refractivity contribution < 1.29 is 17.9 Å². The number of ether oxygens (including phenoxy) is 2. The first kappa shape index (κ1) is 18.0. The van der Waals surface area contributed by atoms with Crippen molar-refractivity contribution in [1.29, 1.82) is 0 Å². The van der Waals surface area contributed by atoms with Gasteiger partial charge in [-0.2, -0.15) is 0 Å². The molecule has 1 aromatic rings. The molecule has 0 fully saturated rings. The Morgan fingerprint density at radius 2 is 1.90 bits per heavy atom. The zero-order valence-corrected chi connectivity index (χ0v) is 14.0. The quantitative estimate of drug-likeness (QED) is 0.666. The molecular formula is C13H21ClN2O4S. The van der Waals surface area contributed by atoms with Crippen LogP contribution in [0.3, 0.4) is 0 Å². The highest BCUT2D eigenvalue weighted by atomic mass is 35.5. The van der Waals surface area contributed by atoms with Gasteiger partial charge in [0.2, 0.25) is 10.0 Å². The van der Waals surface area contributed by atoms with E-state index in [4.69, 9.17) is 21.1 Å². The van der Waals surface area contributed by atoms with Gasteiger partial charge in [-0.15, -0.1) is 0 Å². The fourth-order valence-corrected chi connectivity index (χ4v) is 2.58. The van der Waals surface area contributed by atoms with Gasteiger partial charge in [0.1, 0.15) is 0 Å². The molecule has 0 saturated carbocycles. The molecule has 0 atom stereocenters. The zero-order valence-electron chi connectivity index (χ0n) is 12.4. The number of nitrogens with one attached hydrogen (secondary N) is 2. The maximum absolute atomic E-state index is 10.9. The largest absolute Gasteiger partial charge is 0.493 e. The minimum Gasteiger partial charge on any atom is -0.493 e. The van der Waals surface area contributed by atoms with Crippen molar-refractivity contribution in [2.24, 2.45) is 0 Å². The van der Waals surface area contributed by atoms with E-state index in [1.165, 1.54) is 7.11 Å². The third-order valence-corrected chi connectivity index (χ3v) is 3.92. The Morgan fingerprint density at radius 3 is 2.48 bits per heavy atom. The second-order valence-electron chi connectivity index (χ2n) is 4.47. The summed E-state index contributed by atoms with van der Waals surface area (Å²) in [4.78, 5) is 0. The van der Waals surface area contributed by atoms with Crippen molar-refractivity contribution in [3.05, 3.63) is 22.7 Å². The van der Waals surface area contributed by atoms with E-state index in [1.54, 1.807) is 13.2 Å². The molecule has 0 aliphatic heterocycles. The van der Waals surface area contributed by atoms with Gasteiger partial charge in [0, 0.05) is 13.1 Å². The predicted molar refractivity (Wildman–Crippen MR) is 83.7 cm³/mol. The number of hydrogen-bond acceptors (Lipinski definition) is 5. The Balaban J connectivity index is 2.46. The van der Waals surface area contributed by atoms with Gasteiger partial charge in [0.15, 0.2) is 11.5 Å². The smallest absolute Gasteiger partial charge is 0.208 e. The minimum absolute atomic E-state index is 0.408. The average molecular weight is 337 g/mol. The molecule has 2 N–H and O–H groups in total. The van der Waals surface area contributed by atoms with E-state index < -0.39 is 10.0 Å². The molecule has 0 amide bonds. The fourth-order valence-electron chi connectivity index (χ4n) is 1.76. The van der Waals surface area contributed by atoms with E-state index in [0.717, 1.165) is 11.8 Å². The lowest BCUT2D eigenvalue weighted by Crippen LogP contribution is -2.26. The number of halogens is 1. The molecule has 120 valence electrons. The summed E-state index contributed by atoms with van der Waals surface area (Å²) in [6.45, 7) is 1.65. The van der Waals surface area contributed by atoms with Crippen LogP contribution >= 0.6 is 11.6 Å². The van der Waals surface area contributed by atoms with E-state index in [9.17, 15) is 8.42 Å². The maximum Gasteiger partial charge on any atom is 0.208 e. The summed E-state index contributed by atoms with van der Waals surface area (Å²) >= 11 is 6.26. The van der Waals surface area contributed by atoms with Gasteiger partial charge >= 0.3 is 0 Å². The second kappa shape index (κ2) is 8.43.